The van der Waals surface area contributed by atoms with Gasteiger partial charge in [0.05, 0.1) is 18.1 Å². The molecule has 2 nitrogen and oxygen atoms in total. The third-order valence-electron chi connectivity index (χ3n) is 2.76. The molecule has 1 aliphatic heterocycles. The van der Waals surface area contributed by atoms with Crippen molar-refractivity contribution in [3.05, 3.63) is 33.8 Å². The van der Waals surface area contributed by atoms with E-state index in [-0.39, 0.29) is 12.0 Å². The van der Waals surface area contributed by atoms with Crippen molar-refractivity contribution in [2.24, 2.45) is 5.92 Å². The number of nitriles is 1. The average molecular weight is 256 g/mol. The topological polar surface area (TPSA) is 33.0 Å². The van der Waals surface area contributed by atoms with Gasteiger partial charge in [-0.05, 0) is 25.0 Å². The highest BCUT2D eigenvalue weighted by molar-refractivity contribution is 6.35. The average Bonchev–Trinajstić information content (AvgIpc) is 2.29. The van der Waals surface area contributed by atoms with Crippen LogP contribution in [0.25, 0.3) is 0 Å². The van der Waals surface area contributed by atoms with Crippen molar-refractivity contribution in [2.75, 3.05) is 6.61 Å². The highest BCUT2D eigenvalue weighted by Crippen LogP contribution is 2.37. The molecule has 1 fully saturated rings. The zero-order valence-corrected chi connectivity index (χ0v) is 10.1. The lowest BCUT2D eigenvalue weighted by Crippen LogP contribution is -2.21. The van der Waals surface area contributed by atoms with Crippen molar-refractivity contribution in [1.82, 2.24) is 0 Å². The van der Waals surface area contributed by atoms with Gasteiger partial charge in [-0.3, -0.25) is 0 Å². The van der Waals surface area contributed by atoms with Crippen LogP contribution >= 0.6 is 23.2 Å². The van der Waals surface area contributed by atoms with E-state index in [1.807, 2.05) is 6.07 Å². The van der Waals surface area contributed by atoms with E-state index in [0.717, 1.165) is 18.4 Å². The Morgan fingerprint density at radius 2 is 2.19 bits per heavy atom. The van der Waals surface area contributed by atoms with Crippen molar-refractivity contribution < 1.29 is 4.74 Å². The highest BCUT2D eigenvalue weighted by Gasteiger charge is 2.28. The summed E-state index contributed by atoms with van der Waals surface area (Å²) in [5, 5.41) is 10.2. The number of hydrogen-bond donors (Lipinski definition) is 0. The molecule has 1 heterocycles. The number of nitrogens with zero attached hydrogens (tertiary/aromatic N) is 1. The molecule has 4 heteroatoms. The van der Waals surface area contributed by atoms with E-state index < -0.39 is 0 Å². The predicted octanol–water partition coefficient (Wildman–Crippen LogP) is 3.98. The number of halogens is 2. The first-order chi connectivity index (χ1) is 7.72. The van der Waals surface area contributed by atoms with Crippen molar-refractivity contribution in [1.29, 1.82) is 5.26 Å². The Kier molecular flexibility index (Phi) is 3.70. The third-order valence-corrected chi connectivity index (χ3v) is 3.32. The second kappa shape index (κ2) is 5.05. The maximum Gasteiger partial charge on any atom is 0.0997 e. The van der Waals surface area contributed by atoms with Crippen LogP contribution < -0.4 is 0 Å². The van der Waals surface area contributed by atoms with Crippen LogP contribution in [0.4, 0.5) is 0 Å². The quantitative estimate of drug-likeness (QED) is 0.761. The van der Waals surface area contributed by atoms with Gasteiger partial charge in [0, 0.05) is 22.2 Å². The van der Waals surface area contributed by atoms with Crippen LogP contribution in [0.2, 0.25) is 10.0 Å². The molecule has 2 rings (SSSR count). The highest BCUT2D eigenvalue weighted by atomic mass is 35.5. The molecule has 0 N–H and O–H groups in total. The van der Waals surface area contributed by atoms with Crippen molar-refractivity contribution >= 4 is 23.2 Å². The fourth-order valence-electron chi connectivity index (χ4n) is 1.95. The van der Waals surface area contributed by atoms with E-state index in [2.05, 4.69) is 6.07 Å². The van der Waals surface area contributed by atoms with Gasteiger partial charge in [0.25, 0.3) is 0 Å². The Bertz CT molecular complexity index is 428. The van der Waals surface area contributed by atoms with Crippen LogP contribution in [-0.4, -0.2) is 6.61 Å². The molecule has 1 aromatic rings. The van der Waals surface area contributed by atoms with Crippen LogP contribution in [0.1, 0.15) is 24.5 Å². The van der Waals surface area contributed by atoms with Crippen LogP contribution in [0.5, 0.6) is 0 Å². The summed E-state index contributed by atoms with van der Waals surface area (Å²) in [6.45, 7) is 0.682. The third kappa shape index (κ3) is 2.32. The lowest BCUT2D eigenvalue weighted by molar-refractivity contribution is -0.0101. The normalized spacial score (nSPS) is 25.1. The number of rotatable bonds is 1. The first-order valence-electron chi connectivity index (χ1n) is 5.18. The molecule has 1 saturated heterocycles. The maximum absolute atomic E-state index is 9.07. The van der Waals surface area contributed by atoms with Crippen molar-refractivity contribution in [2.45, 2.75) is 18.9 Å². The Morgan fingerprint density at radius 1 is 1.38 bits per heavy atom. The zero-order valence-electron chi connectivity index (χ0n) is 8.62. The molecule has 16 heavy (non-hydrogen) atoms. The van der Waals surface area contributed by atoms with Crippen molar-refractivity contribution in [3.63, 3.8) is 0 Å². The SMILES string of the molecule is N#CC1CCCOC1c1ccc(Cl)cc1Cl. The van der Waals surface area contributed by atoms with Gasteiger partial charge in [0.1, 0.15) is 0 Å². The largest absolute Gasteiger partial charge is 0.372 e. The fourth-order valence-corrected chi connectivity index (χ4v) is 2.47. The first kappa shape index (κ1) is 11.7. The van der Waals surface area contributed by atoms with E-state index in [1.54, 1.807) is 12.1 Å². The monoisotopic (exact) mass is 255 g/mol. The molecule has 0 spiro atoms. The Balaban J connectivity index is 2.31. The first-order valence-corrected chi connectivity index (χ1v) is 5.94. The van der Waals surface area contributed by atoms with E-state index >= 15 is 0 Å². The summed E-state index contributed by atoms with van der Waals surface area (Å²) < 4.78 is 5.64. The minimum Gasteiger partial charge on any atom is -0.372 e. The summed E-state index contributed by atoms with van der Waals surface area (Å²) in [6.07, 6.45) is 1.57. The summed E-state index contributed by atoms with van der Waals surface area (Å²) in [5.41, 5.74) is 0.859. The van der Waals surface area contributed by atoms with Crippen LogP contribution in [-0.2, 0) is 4.74 Å². The second-order valence-corrected chi connectivity index (χ2v) is 4.68. The molecule has 0 radical (unpaired) electrons. The van der Waals surface area contributed by atoms with Gasteiger partial charge in [-0.1, -0.05) is 29.3 Å². The maximum atomic E-state index is 9.07. The lowest BCUT2D eigenvalue weighted by Gasteiger charge is -2.28. The summed E-state index contributed by atoms with van der Waals surface area (Å²) in [5.74, 6) is -0.118. The van der Waals surface area contributed by atoms with Gasteiger partial charge in [-0.25, -0.2) is 0 Å². The Labute approximate surface area is 105 Å². The van der Waals surface area contributed by atoms with Crippen molar-refractivity contribution in [3.8, 4) is 6.07 Å². The predicted molar refractivity (Wildman–Crippen MR) is 63.5 cm³/mol. The lowest BCUT2D eigenvalue weighted by atomic mass is 9.91. The van der Waals surface area contributed by atoms with Gasteiger partial charge in [0.15, 0.2) is 0 Å². The Hall–Kier alpha value is -0.750. The van der Waals surface area contributed by atoms with E-state index in [4.69, 9.17) is 33.2 Å². The molecule has 0 aliphatic carbocycles. The molecule has 1 aromatic carbocycles. The summed E-state index contributed by atoms with van der Waals surface area (Å²) >= 11 is 11.9. The second-order valence-electron chi connectivity index (χ2n) is 3.84. The molecule has 0 amide bonds. The number of hydrogen-bond acceptors (Lipinski definition) is 2. The van der Waals surface area contributed by atoms with E-state index in [1.165, 1.54) is 0 Å². The smallest absolute Gasteiger partial charge is 0.0997 e. The molecule has 0 saturated carbocycles. The van der Waals surface area contributed by atoms with E-state index in [9.17, 15) is 0 Å². The zero-order chi connectivity index (χ0) is 11.5. The summed E-state index contributed by atoms with van der Waals surface area (Å²) in [7, 11) is 0. The van der Waals surface area contributed by atoms with Crippen LogP contribution in [0.3, 0.4) is 0 Å². The van der Waals surface area contributed by atoms with Gasteiger partial charge in [0.2, 0.25) is 0 Å². The van der Waals surface area contributed by atoms with Crippen LogP contribution in [0.15, 0.2) is 18.2 Å². The summed E-state index contributed by atoms with van der Waals surface area (Å²) in [6, 6.07) is 7.57. The van der Waals surface area contributed by atoms with Gasteiger partial charge >= 0.3 is 0 Å². The molecule has 0 bridgehead atoms. The molecular weight excluding hydrogens is 245 g/mol. The fraction of sp³-hybridized carbons (Fsp3) is 0.417. The number of ether oxygens (including phenoxy) is 1. The minimum absolute atomic E-state index is 0.118. The number of benzene rings is 1. The molecule has 84 valence electrons. The molecular formula is C12H11Cl2NO. The van der Waals surface area contributed by atoms with Gasteiger partial charge < -0.3 is 4.74 Å². The van der Waals surface area contributed by atoms with Crippen LogP contribution in [0, 0.1) is 17.2 Å². The summed E-state index contributed by atoms with van der Waals surface area (Å²) in [4.78, 5) is 0. The molecule has 0 aromatic heterocycles. The molecule has 2 atom stereocenters. The van der Waals surface area contributed by atoms with E-state index in [0.29, 0.717) is 16.7 Å². The Morgan fingerprint density at radius 3 is 2.88 bits per heavy atom. The minimum atomic E-state index is -0.219. The standard InChI is InChI=1S/C12H11Cl2NO/c13-9-3-4-10(11(14)6-9)12-8(7-15)2-1-5-16-12/h3-4,6,8,12H,1-2,5H2. The van der Waals surface area contributed by atoms with Gasteiger partial charge in [-0.2, -0.15) is 5.26 Å². The molecule has 2 unspecified atom stereocenters. The molecule has 1 aliphatic rings. The van der Waals surface area contributed by atoms with Gasteiger partial charge in [-0.15, -0.1) is 0 Å².